The topological polar surface area (TPSA) is 3.24 Å². The standard InChI is InChI=1S/C72H61N/c1-4-23-54(5-2)70-50-64(45-48-68(70)62-40-36-58(37-41-62)56-27-14-8-15-28-56)73(65-44-47-67(71(51-65)60-31-18-10-19-32-60)55(6-3)35-22-26-53-24-12-7-13-25-53)66-46-49-69(72(52-66)61-33-20-11-21-34-61)63-42-38-59(39-43-63)57-29-16-9-17-30-57/h4-7,9-14,16-18,20-24,26-31,33-53H,1-3,8,15,19,25,32H2/b26-22+,54-23+,55-35+. The Labute approximate surface area is 433 Å². The number of hydrogen-bond acceptors (Lipinski definition) is 1. The highest BCUT2D eigenvalue weighted by molar-refractivity contribution is 5.94. The van der Waals surface area contributed by atoms with E-state index >= 15 is 0 Å². The van der Waals surface area contributed by atoms with E-state index in [0.29, 0.717) is 5.92 Å². The number of rotatable bonds is 16. The molecule has 0 radical (unpaired) electrons. The first-order valence-electron chi connectivity index (χ1n) is 25.7. The number of allylic oxidation sites excluding steroid dienone is 21. The Morgan fingerprint density at radius 2 is 1.10 bits per heavy atom. The predicted molar refractivity (Wildman–Crippen MR) is 318 cm³/mol. The van der Waals surface area contributed by atoms with Crippen molar-refractivity contribution in [2.24, 2.45) is 5.92 Å². The molecule has 10 rings (SSSR count). The van der Waals surface area contributed by atoms with Gasteiger partial charge < -0.3 is 4.90 Å². The SMILES string of the molecule is C=C/C=C(\C=C)c1cc(N(c2ccc(/C(C=C)=C/C=C/C3C=CC=CC3)c(C3=CC=CCC3)c2)c2ccc(-c3ccc(-c4ccccc4)cc3)c(-c3ccccc3)c2)ccc1-c1ccc(C2=CCCC=C2)cc1. The molecule has 73 heavy (non-hydrogen) atoms. The van der Waals surface area contributed by atoms with Gasteiger partial charge in [0.1, 0.15) is 0 Å². The summed E-state index contributed by atoms with van der Waals surface area (Å²) in [6, 6.07) is 60.2. The van der Waals surface area contributed by atoms with Crippen molar-refractivity contribution in [2.45, 2.75) is 32.1 Å². The van der Waals surface area contributed by atoms with E-state index in [2.05, 4.69) is 273 Å². The zero-order chi connectivity index (χ0) is 49.8. The minimum absolute atomic E-state index is 0.380. The molecular weight excluding hydrogens is 879 g/mol. The van der Waals surface area contributed by atoms with Gasteiger partial charge in [-0.25, -0.2) is 0 Å². The van der Waals surface area contributed by atoms with Gasteiger partial charge in [0, 0.05) is 17.1 Å². The first kappa shape index (κ1) is 47.9. The van der Waals surface area contributed by atoms with Crippen LogP contribution in [0.1, 0.15) is 54.4 Å². The zero-order valence-electron chi connectivity index (χ0n) is 41.6. The average molecular weight is 940 g/mol. The van der Waals surface area contributed by atoms with Crippen LogP contribution in [0.5, 0.6) is 0 Å². The fraction of sp³-hybridized carbons (Fsp3) is 0.0833. The third-order valence-electron chi connectivity index (χ3n) is 14.1. The summed E-state index contributed by atoms with van der Waals surface area (Å²) in [5.41, 5.74) is 21.7. The highest BCUT2D eigenvalue weighted by Crippen LogP contribution is 2.45. The van der Waals surface area contributed by atoms with Gasteiger partial charge in [-0.2, -0.15) is 0 Å². The van der Waals surface area contributed by atoms with Gasteiger partial charge in [-0.05, 0) is 163 Å². The number of hydrogen-bond donors (Lipinski definition) is 0. The monoisotopic (exact) mass is 939 g/mol. The summed E-state index contributed by atoms with van der Waals surface area (Å²) < 4.78 is 0. The molecule has 1 heteroatoms. The fourth-order valence-electron chi connectivity index (χ4n) is 10.3. The smallest absolute Gasteiger partial charge is 0.0468 e. The molecule has 0 N–H and O–H groups in total. The summed E-state index contributed by atoms with van der Waals surface area (Å²) in [6.07, 6.45) is 42.0. The van der Waals surface area contributed by atoms with Crippen molar-refractivity contribution >= 4 is 39.4 Å². The second-order valence-electron chi connectivity index (χ2n) is 18.7. The third kappa shape index (κ3) is 10.9. The number of nitrogens with zero attached hydrogens (tertiary/aromatic N) is 1. The number of anilines is 3. The molecule has 0 fully saturated rings. The third-order valence-corrected chi connectivity index (χ3v) is 14.1. The van der Waals surface area contributed by atoms with Crippen LogP contribution in [0.15, 0.2) is 287 Å². The van der Waals surface area contributed by atoms with E-state index in [0.717, 1.165) is 99.3 Å². The van der Waals surface area contributed by atoms with Gasteiger partial charge in [0.2, 0.25) is 0 Å². The summed E-state index contributed by atoms with van der Waals surface area (Å²) in [5.74, 6) is 0.380. The predicted octanol–water partition coefficient (Wildman–Crippen LogP) is 20.3. The van der Waals surface area contributed by atoms with Gasteiger partial charge in [0.05, 0.1) is 0 Å². The van der Waals surface area contributed by atoms with Gasteiger partial charge >= 0.3 is 0 Å². The molecule has 3 aliphatic rings. The molecule has 0 saturated carbocycles. The van der Waals surface area contributed by atoms with Gasteiger partial charge in [0.15, 0.2) is 0 Å². The lowest BCUT2D eigenvalue weighted by Gasteiger charge is -2.29. The minimum atomic E-state index is 0.380. The molecular formula is C72H61N. The lowest BCUT2D eigenvalue weighted by molar-refractivity contribution is 0.822. The highest BCUT2D eigenvalue weighted by atomic mass is 15.1. The largest absolute Gasteiger partial charge is 0.310 e. The van der Waals surface area contributed by atoms with Crippen LogP contribution >= 0.6 is 0 Å². The molecule has 1 unspecified atom stereocenters. The maximum Gasteiger partial charge on any atom is 0.0468 e. The second kappa shape index (κ2) is 23.0. The average Bonchev–Trinajstić information content (AvgIpc) is 3.47. The summed E-state index contributed by atoms with van der Waals surface area (Å²) in [4.78, 5) is 2.42. The Hall–Kier alpha value is -8.78. The highest BCUT2D eigenvalue weighted by Gasteiger charge is 2.22. The molecule has 0 saturated heterocycles. The first-order chi connectivity index (χ1) is 36.1. The first-order valence-corrected chi connectivity index (χ1v) is 25.7. The van der Waals surface area contributed by atoms with Crippen molar-refractivity contribution < 1.29 is 0 Å². The fourth-order valence-corrected chi connectivity index (χ4v) is 10.3. The van der Waals surface area contributed by atoms with Crippen LogP contribution < -0.4 is 4.90 Å². The van der Waals surface area contributed by atoms with Crippen molar-refractivity contribution in [2.75, 3.05) is 4.90 Å². The van der Waals surface area contributed by atoms with Crippen LogP contribution in [0.2, 0.25) is 0 Å². The number of benzene rings is 7. The lowest BCUT2D eigenvalue weighted by Crippen LogP contribution is -2.12. The van der Waals surface area contributed by atoms with Crippen LogP contribution in [0.4, 0.5) is 17.1 Å². The van der Waals surface area contributed by atoms with Crippen LogP contribution in [0.3, 0.4) is 0 Å². The molecule has 0 aromatic heterocycles. The van der Waals surface area contributed by atoms with Crippen LogP contribution in [-0.2, 0) is 0 Å². The Morgan fingerprint density at radius 3 is 1.75 bits per heavy atom. The molecule has 3 aliphatic carbocycles. The molecule has 354 valence electrons. The van der Waals surface area contributed by atoms with Crippen molar-refractivity contribution in [3.8, 4) is 44.5 Å². The molecule has 0 amide bonds. The Morgan fingerprint density at radius 1 is 0.479 bits per heavy atom. The van der Waals surface area contributed by atoms with E-state index in [9.17, 15) is 0 Å². The Kier molecular flexibility index (Phi) is 15.1. The van der Waals surface area contributed by atoms with Gasteiger partial charge in [-0.3, -0.25) is 0 Å². The van der Waals surface area contributed by atoms with E-state index in [1.165, 1.54) is 39.0 Å². The molecule has 0 bridgehead atoms. The van der Waals surface area contributed by atoms with Crippen LogP contribution in [-0.4, -0.2) is 0 Å². The second-order valence-corrected chi connectivity index (χ2v) is 18.7. The summed E-state index contributed by atoms with van der Waals surface area (Å²) in [6.45, 7) is 12.8. The van der Waals surface area contributed by atoms with Crippen molar-refractivity contribution in [3.05, 3.63) is 309 Å². The Balaban J connectivity index is 1.16. The summed E-state index contributed by atoms with van der Waals surface area (Å²) in [5, 5.41) is 0. The van der Waals surface area contributed by atoms with E-state index < -0.39 is 0 Å². The molecule has 7 aromatic carbocycles. The van der Waals surface area contributed by atoms with E-state index in [1.807, 2.05) is 18.2 Å². The summed E-state index contributed by atoms with van der Waals surface area (Å²) in [7, 11) is 0. The van der Waals surface area contributed by atoms with Crippen LogP contribution in [0, 0.1) is 5.92 Å². The van der Waals surface area contributed by atoms with Crippen molar-refractivity contribution in [1.29, 1.82) is 0 Å². The molecule has 1 nitrogen and oxygen atoms in total. The van der Waals surface area contributed by atoms with Gasteiger partial charge in [-0.15, -0.1) is 0 Å². The molecule has 0 aliphatic heterocycles. The Bertz CT molecular complexity index is 3430. The lowest BCUT2D eigenvalue weighted by atomic mass is 9.88. The van der Waals surface area contributed by atoms with E-state index in [4.69, 9.17) is 0 Å². The normalized spacial score (nSPS) is 15.5. The zero-order valence-corrected chi connectivity index (χ0v) is 41.6. The minimum Gasteiger partial charge on any atom is -0.310 e. The molecule has 0 spiro atoms. The maximum atomic E-state index is 4.35. The quantitative estimate of drug-likeness (QED) is 0.0873. The molecule has 0 heterocycles. The molecule has 7 aromatic rings. The van der Waals surface area contributed by atoms with Crippen LogP contribution in [0.25, 0.3) is 66.8 Å². The van der Waals surface area contributed by atoms with Gasteiger partial charge in [-0.1, -0.05) is 250 Å². The molecule has 1 atom stereocenters. The van der Waals surface area contributed by atoms with Crippen molar-refractivity contribution in [1.82, 2.24) is 0 Å². The van der Waals surface area contributed by atoms with Crippen molar-refractivity contribution in [3.63, 3.8) is 0 Å². The maximum absolute atomic E-state index is 4.35. The summed E-state index contributed by atoms with van der Waals surface area (Å²) >= 11 is 0. The van der Waals surface area contributed by atoms with E-state index in [-0.39, 0.29) is 0 Å². The van der Waals surface area contributed by atoms with Gasteiger partial charge in [0.25, 0.3) is 0 Å². The van der Waals surface area contributed by atoms with E-state index in [1.54, 1.807) is 0 Å².